The van der Waals surface area contributed by atoms with Gasteiger partial charge in [0.2, 0.25) is 11.8 Å². The molecule has 2 saturated heterocycles. The average Bonchev–Trinajstić information content (AvgIpc) is 3.03. The van der Waals surface area contributed by atoms with Crippen molar-refractivity contribution in [2.45, 2.75) is 70.2 Å². The van der Waals surface area contributed by atoms with Gasteiger partial charge in [-0.05, 0) is 63.1 Å². The number of hydrogen-bond donors (Lipinski definition) is 2. The van der Waals surface area contributed by atoms with Crippen LogP contribution in [0, 0.1) is 5.41 Å². The Hall–Kier alpha value is -2.29. The summed E-state index contributed by atoms with van der Waals surface area (Å²) in [6, 6.07) is 3.95. The number of piperidine rings is 1. The molecule has 1 saturated carbocycles. The van der Waals surface area contributed by atoms with E-state index in [1.165, 1.54) is 19.1 Å². The van der Waals surface area contributed by atoms with Crippen LogP contribution in [0.4, 0.5) is 24.5 Å². The number of aliphatic hydroxyl groups excluding tert-OH is 1. The number of carbonyl (C=O) groups excluding carboxylic acids is 2. The zero-order chi connectivity index (χ0) is 23.1. The number of alkyl halides is 3. The van der Waals surface area contributed by atoms with E-state index >= 15 is 0 Å². The predicted octanol–water partition coefficient (Wildman–Crippen LogP) is 3.79. The van der Waals surface area contributed by atoms with Gasteiger partial charge in [0, 0.05) is 44.0 Å². The third-order valence-electron chi connectivity index (χ3n) is 7.19. The number of hydrogen-bond acceptors (Lipinski definition) is 4. The number of nitrogens with one attached hydrogen (secondary N) is 1. The van der Waals surface area contributed by atoms with Crippen molar-refractivity contribution in [1.82, 2.24) is 4.90 Å². The monoisotopic (exact) mass is 453 g/mol. The van der Waals surface area contributed by atoms with Gasteiger partial charge in [0.25, 0.3) is 0 Å². The second kappa shape index (κ2) is 8.57. The van der Waals surface area contributed by atoms with Crippen LogP contribution >= 0.6 is 0 Å². The fourth-order valence-corrected chi connectivity index (χ4v) is 5.60. The number of rotatable bonds is 3. The Bertz CT molecular complexity index is 883. The zero-order valence-electron chi connectivity index (χ0n) is 18.2. The molecule has 9 heteroatoms. The quantitative estimate of drug-likeness (QED) is 0.731. The third-order valence-corrected chi connectivity index (χ3v) is 7.19. The van der Waals surface area contributed by atoms with Gasteiger partial charge in [-0.1, -0.05) is 0 Å². The Morgan fingerprint density at radius 2 is 1.88 bits per heavy atom. The van der Waals surface area contributed by atoms with Gasteiger partial charge in [-0.2, -0.15) is 13.2 Å². The number of nitrogens with zero attached hydrogens (tertiary/aromatic N) is 2. The number of likely N-dealkylation sites (tertiary alicyclic amines) is 1. The lowest BCUT2D eigenvalue weighted by Gasteiger charge is -2.42. The molecule has 2 N–H and O–H groups in total. The van der Waals surface area contributed by atoms with Crippen molar-refractivity contribution in [3.63, 3.8) is 0 Å². The number of aliphatic hydroxyl groups is 1. The van der Waals surface area contributed by atoms with Crippen LogP contribution < -0.4 is 10.2 Å². The van der Waals surface area contributed by atoms with Crippen LogP contribution in [0.15, 0.2) is 18.2 Å². The first-order chi connectivity index (χ1) is 15.1. The largest absolute Gasteiger partial charge is 0.418 e. The molecule has 1 aliphatic carbocycles. The van der Waals surface area contributed by atoms with E-state index in [1.54, 1.807) is 4.90 Å². The number of halogens is 3. The minimum atomic E-state index is -4.58. The summed E-state index contributed by atoms with van der Waals surface area (Å²) < 4.78 is 41.6. The minimum Gasteiger partial charge on any atom is -0.393 e. The van der Waals surface area contributed by atoms with Crippen LogP contribution in [0.3, 0.4) is 0 Å². The molecule has 1 aromatic carbocycles. The molecule has 2 amide bonds. The lowest BCUT2D eigenvalue weighted by molar-refractivity contribution is -0.139. The van der Waals surface area contributed by atoms with Gasteiger partial charge >= 0.3 is 6.18 Å². The van der Waals surface area contributed by atoms with Gasteiger partial charge in [-0.15, -0.1) is 0 Å². The smallest absolute Gasteiger partial charge is 0.393 e. The summed E-state index contributed by atoms with van der Waals surface area (Å²) in [4.78, 5) is 28.4. The van der Waals surface area contributed by atoms with Crippen LogP contribution in [-0.2, 0) is 15.8 Å². The van der Waals surface area contributed by atoms with Gasteiger partial charge in [-0.25, -0.2) is 0 Å². The summed E-state index contributed by atoms with van der Waals surface area (Å²) in [5.41, 5.74) is -1.31. The Balaban J connectivity index is 1.56. The van der Waals surface area contributed by atoms with Crippen LogP contribution in [0.2, 0.25) is 0 Å². The zero-order valence-corrected chi connectivity index (χ0v) is 18.2. The fraction of sp³-hybridized carbons (Fsp3) is 0.652. The molecule has 0 radical (unpaired) electrons. The first-order valence-corrected chi connectivity index (χ1v) is 11.3. The number of amides is 2. The third kappa shape index (κ3) is 4.44. The SMILES string of the molecule is CC(=O)Nc1ccc(N2CCC[C@@]3(CCN(C4CCC(O)CC4)C3=O)C2)c(C(F)(F)F)c1. The Morgan fingerprint density at radius 1 is 1.16 bits per heavy atom. The van der Waals surface area contributed by atoms with E-state index in [2.05, 4.69) is 5.32 Å². The highest BCUT2D eigenvalue weighted by Gasteiger charge is 2.51. The Morgan fingerprint density at radius 3 is 2.53 bits per heavy atom. The molecular formula is C23H30F3N3O3. The van der Waals surface area contributed by atoms with Crippen molar-refractivity contribution in [1.29, 1.82) is 0 Å². The molecule has 2 aliphatic heterocycles. The molecule has 1 spiro atoms. The van der Waals surface area contributed by atoms with Gasteiger partial charge in [0.05, 0.1) is 17.1 Å². The number of carbonyl (C=O) groups is 2. The maximum Gasteiger partial charge on any atom is 0.418 e. The van der Waals surface area contributed by atoms with Crippen molar-refractivity contribution in [2.24, 2.45) is 5.41 Å². The first kappa shape index (κ1) is 22.9. The summed E-state index contributed by atoms with van der Waals surface area (Å²) in [7, 11) is 0. The fourth-order valence-electron chi connectivity index (χ4n) is 5.60. The van der Waals surface area contributed by atoms with Crippen LogP contribution in [-0.4, -0.2) is 53.6 Å². The molecule has 1 atom stereocenters. The maximum absolute atomic E-state index is 13.9. The van der Waals surface area contributed by atoms with Gasteiger partial charge in [-0.3, -0.25) is 9.59 Å². The van der Waals surface area contributed by atoms with Crippen molar-refractivity contribution in [3.8, 4) is 0 Å². The molecule has 176 valence electrons. The summed E-state index contributed by atoms with van der Waals surface area (Å²) in [5, 5.41) is 12.2. The van der Waals surface area contributed by atoms with Gasteiger partial charge < -0.3 is 20.2 Å². The van der Waals surface area contributed by atoms with Gasteiger partial charge in [0.15, 0.2) is 0 Å². The van der Waals surface area contributed by atoms with E-state index in [4.69, 9.17) is 0 Å². The lowest BCUT2D eigenvalue weighted by Crippen LogP contribution is -2.50. The van der Waals surface area contributed by atoms with E-state index in [-0.39, 0.29) is 36.0 Å². The maximum atomic E-state index is 13.9. The van der Waals surface area contributed by atoms with E-state index in [9.17, 15) is 27.9 Å². The summed E-state index contributed by atoms with van der Waals surface area (Å²) in [6.45, 7) is 2.59. The van der Waals surface area contributed by atoms with E-state index in [1.807, 2.05) is 4.90 Å². The lowest BCUT2D eigenvalue weighted by atomic mass is 9.78. The second-order valence-electron chi connectivity index (χ2n) is 9.43. The Labute approximate surface area is 185 Å². The van der Waals surface area contributed by atoms with Gasteiger partial charge in [0.1, 0.15) is 0 Å². The number of benzene rings is 1. The summed E-state index contributed by atoms with van der Waals surface area (Å²) in [6.07, 6.45) is 0.00441. The Kier molecular flexibility index (Phi) is 6.13. The van der Waals surface area contributed by atoms with Crippen LogP contribution in [0.5, 0.6) is 0 Å². The molecule has 0 unspecified atom stereocenters. The molecule has 0 bridgehead atoms. The van der Waals surface area contributed by atoms with Crippen LogP contribution in [0.1, 0.15) is 57.4 Å². The molecule has 32 heavy (non-hydrogen) atoms. The van der Waals surface area contributed by atoms with Crippen molar-refractivity contribution < 1.29 is 27.9 Å². The topological polar surface area (TPSA) is 72.9 Å². The molecule has 1 aromatic rings. The molecule has 2 heterocycles. The highest BCUT2D eigenvalue weighted by molar-refractivity contribution is 5.89. The van der Waals surface area contributed by atoms with Crippen molar-refractivity contribution in [2.75, 3.05) is 29.9 Å². The minimum absolute atomic E-state index is 0.0482. The molecule has 0 aromatic heterocycles. The molecule has 4 rings (SSSR count). The molecular weight excluding hydrogens is 423 g/mol. The second-order valence-corrected chi connectivity index (χ2v) is 9.43. The first-order valence-electron chi connectivity index (χ1n) is 11.3. The molecule has 3 fully saturated rings. The average molecular weight is 454 g/mol. The van der Waals surface area contributed by atoms with Crippen molar-refractivity contribution in [3.05, 3.63) is 23.8 Å². The highest BCUT2D eigenvalue weighted by atomic mass is 19.4. The van der Waals surface area contributed by atoms with E-state index < -0.39 is 23.1 Å². The predicted molar refractivity (Wildman–Crippen MR) is 114 cm³/mol. The van der Waals surface area contributed by atoms with E-state index in [0.717, 1.165) is 18.9 Å². The standard InChI is InChI=1S/C23H30F3N3O3/c1-15(30)27-16-3-8-20(19(13-16)23(24,25)26)28-11-2-9-22(14-28)10-12-29(21(22)32)17-4-6-18(31)7-5-17/h3,8,13,17-18,31H,2,4-7,9-12,14H2,1H3,(H,27,30)/t17?,18?,22-/m1/s1. The van der Waals surface area contributed by atoms with Crippen LogP contribution in [0.25, 0.3) is 0 Å². The number of anilines is 2. The normalized spacial score (nSPS) is 29.0. The van der Waals surface area contributed by atoms with E-state index in [0.29, 0.717) is 45.2 Å². The molecule has 6 nitrogen and oxygen atoms in total. The summed E-state index contributed by atoms with van der Waals surface area (Å²) in [5.74, 6) is -0.387. The summed E-state index contributed by atoms with van der Waals surface area (Å²) >= 11 is 0. The molecule has 3 aliphatic rings. The highest BCUT2D eigenvalue weighted by Crippen LogP contribution is 2.46. The van der Waals surface area contributed by atoms with Crippen molar-refractivity contribution >= 4 is 23.2 Å².